The summed E-state index contributed by atoms with van der Waals surface area (Å²) in [4.78, 5) is 2.70. The van der Waals surface area contributed by atoms with Gasteiger partial charge in [0, 0.05) is 17.1 Å². The average molecular weight is 302 g/mol. The Morgan fingerprint density at radius 2 is 1.65 bits per heavy atom. The molecule has 2 saturated heterocycles. The fraction of sp³-hybridized carbons (Fsp3) is 1.00. The standard InChI is InChI=1S/C15H31N2O2P/c1-6-7-8-17-14(2,3)11-13(12-15(17,4)5)16-20-18-9-10-19-20/h13,16H,6-12H2,1-5H3. The van der Waals surface area contributed by atoms with Crippen LogP contribution in [0.5, 0.6) is 0 Å². The van der Waals surface area contributed by atoms with Gasteiger partial charge in [0.05, 0.1) is 13.2 Å². The van der Waals surface area contributed by atoms with Gasteiger partial charge in [0.1, 0.15) is 0 Å². The van der Waals surface area contributed by atoms with E-state index in [9.17, 15) is 0 Å². The van der Waals surface area contributed by atoms with Gasteiger partial charge in [0.2, 0.25) is 0 Å². The van der Waals surface area contributed by atoms with E-state index in [1.54, 1.807) is 0 Å². The minimum Gasteiger partial charge on any atom is -0.320 e. The summed E-state index contributed by atoms with van der Waals surface area (Å²) < 4.78 is 11.2. The molecular weight excluding hydrogens is 271 g/mol. The van der Waals surface area contributed by atoms with Crippen molar-refractivity contribution in [2.24, 2.45) is 0 Å². The third-order valence-electron chi connectivity index (χ3n) is 4.48. The lowest BCUT2D eigenvalue weighted by atomic mass is 9.77. The molecule has 2 rings (SSSR count). The molecule has 20 heavy (non-hydrogen) atoms. The monoisotopic (exact) mass is 302 g/mol. The molecule has 0 radical (unpaired) electrons. The zero-order valence-electron chi connectivity index (χ0n) is 13.7. The highest BCUT2D eigenvalue weighted by molar-refractivity contribution is 7.45. The zero-order valence-corrected chi connectivity index (χ0v) is 14.6. The first kappa shape index (κ1) is 16.6. The summed E-state index contributed by atoms with van der Waals surface area (Å²) in [7, 11) is -0.845. The second kappa shape index (κ2) is 6.58. The average Bonchev–Trinajstić information content (AvgIpc) is 2.78. The second-order valence-electron chi connectivity index (χ2n) is 7.29. The molecule has 0 aromatic heterocycles. The molecule has 0 unspecified atom stereocenters. The summed E-state index contributed by atoms with van der Waals surface area (Å²) in [6.45, 7) is 14.5. The largest absolute Gasteiger partial charge is 0.320 e. The molecule has 0 atom stereocenters. The Balaban J connectivity index is 2.00. The van der Waals surface area contributed by atoms with E-state index in [4.69, 9.17) is 9.05 Å². The Labute approximate surface area is 125 Å². The molecule has 0 bridgehead atoms. The molecule has 2 heterocycles. The molecule has 5 heteroatoms. The van der Waals surface area contributed by atoms with Crippen molar-refractivity contribution in [3.8, 4) is 0 Å². The first-order valence-corrected chi connectivity index (χ1v) is 9.13. The molecular formula is C15H31N2O2P. The van der Waals surface area contributed by atoms with Crippen LogP contribution in [-0.2, 0) is 9.05 Å². The fourth-order valence-corrected chi connectivity index (χ4v) is 5.02. The van der Waals surface area contributed by atoms with E-state index < -0.39 is 8.53 Å². The molecule has 0 aromatic rings. The van der Waals surface area contributed by atoms with Crippen LogP contribution in [-0.4, -0.2) is 41.8 Å². The molecule has 1 N–H and O–H groups in total. The van der Waals surface area contributed by atoms with E-state index in [1.165, 1.54) is 19.4 Å². The van der Waals surface area contributed by atoms with Gasteiger partial charge in [-0.15, -0.1) is 0 Å². The quantitative estimate of drug-likeness (QED) is 0.786. The molecule has 2 aliphatic rings. The van der Waals surface area contributed by atoms with Gasteiger partial charge in [-0.1, -0.05) is 13.3 Å². The lowest BCUT2D eigenvalue weighted by molar-refractivity contribution is -0.0381. The van der Waals surface area contributed by atoms with Crippen molar-refractivity contribution in [1.82, 2.24) is 9.99 Å². The molecule has 118 valence electrons. The van der Waals surface area contributed by atoms with Crippen molar-refractivity contribution in [2.75, 3.05) is 19.8 Å². The van der Waals surface area contributed by atoms with Crippen molar-refractivity contribution in [1.29, 1.82) is 0 Å². The van der Waals surface area contributed by atoms with Crippen LogP contribution in [0, 0.1) is 0 Å². The Hall–Kier alpha value is 0.270. The number of piperidine rings is 1. The lowest BCUT2D eigenvalue weighted by Gasteiger charge is -2.55. The van der Waals surface area contributed by atoms with Crippen LogP contribution in [0.25, 0.3) is 0 Å². The normalized spacial score (nSPS) is 28.1. The van der Waals surface area contributed by atoms with Crippen molar-refractivity contribution >= 4 is 8.53 Å². The summed E-state index contributed by atoms with van der Waals surface area (Å²) in [5.74, 6) is 0. The van der Waals surface area contributed by atoms with E-state index in [2.05, 4.69) is 44.6 Å². The van der Waals surface area contributed by atoms with Crippen LogP contribution >= 0.6 is 8.53 Å². The topological polar surface area (TPSA) is 33.7 Å². The smallest absolute Gasteiger partial charge is 0.256 e. The van der Waals surface area contributed by atoms with Crippen LogP contribution in [0.3, 0.4) is 0 Å². The predicted octanol–water partition coefficient (Wildman–Crippen LogP) is 3.67. The SMILES string of the molecule is CCCCN1C(C)(C)CC(NP2OCCO2)CC1(C)C. The minimum atomic E-state index is -0.845. The first-order valence-electron chi connectivity index (χ1n) is 7.95. The van der Waals surface area contributed by atoms with Gasteiger partial charge in [0.25, 0.3) is 8.53 Å². The lowest BCUT2D eigenvalue weighted by Crippen LogP contribution is -2.63. The second-order valence-corrected chi connectivity index (χ2v) is 8.58. The maximum atomic E-state index is 5.60. The van der Waals surface area contributed by atoms with Gasteiger partial charge in [-0.25, -0.2) is 5.09 Å². The highest BCUT2D eigenvalue weighted by Gasteiger charge is 2.45. The van der Waals surface area contributed by atoms with E-state index in [-0.39, 0.29) is 11.1 Å². The third-order valence-corrected chi connectivity index (χ3v) is 5.89. The summed E-state index contributed by atoms with van der Waals surface area (Å²) in [5.41, 5.74) is 0.452. The highest BCUT2D eigenvalue weighted by Crippen LogP contribution is 2.44. The summed E-state index contributed by atoms with van der Waals surface area (Å²) in [6, 6.07) is 0.488. The highest BCUT2D eigenvalue weighted by atomic mass is 31.2. The van der Waals surface area contributed by atoms with E-state index in [1.807, 2.05) is 0 Å². The molecule has 0 spiro atoms. The molecule has 2 aliphatic heterocycles. The number of likely N-dealkylation sites (tertiary alicyclic amines) is 1. The van der Waals surface area contributed by atoms with Gasteiger partial charge in [-0.05, 0) is 53.5 Å². The summed E-state index contributed by atoms with van der Waals surface area (Å²) >= 11 is 0. The Kier molecular flexibility index (Phi) is 5.47. The maximum absolute atomic E-state index is 5.60. The fourth-order valence-electron chi connectivity index (χ4n) is 3.83. The number of rotatable bonds is 5. The third kappa shape index (κ3) is 3.92. The Morgan fingerprint density at radius 3 is 2.15 bits per heavy atom. The van der Waals surface area contributed by atoms with Crippen molar-refractivity contribution in [2.45, 2.75) is 77.4 Å². The maximum Gasteiger partial charge on any atom is 0.256 e. The van der Waals surface area contributed by atoms with Crippen LogP contribution in [0.1, 0.15) is 60.3 Å². The first-order chi connectivity index (χ1) is 9.35. The Bertz CT molecular complexity index is 299. The van der Waals surface area contributed by atoms with Gasteiger partial charge in [0.15, 0.2) is 0 Å². The van der Waals surface area contributed by atoms with Crippen molar-refractivity contribution in [3.63, 3.8) is 0 Å². The van der Waals surface area contributed by atoms with E-state index >= 15 is 0 Å². The van der Waals surface area contributed by atoms with Gasteiger partial charge < -0.3 is 9.05 Å². The zero-order chi connectivity index (χ0) is 14.8. The number of nitrogens with one attached hydrogen (secondary N) is 1. The molecule has 4 nitrogen and oxygen atoms in total. The predicted molar refractivity (Wildman–Crippen MR) is 84.8 cm³/mol. The summed E-state index contributed by atoms with van der Waals surface area (Å²) in [5, 5.41) is 3.60. The van der Waals surface area contributed by atoms with Crippen LogP contribution in [0.4, 0.5) is 0 Å². The van der Waals surface area contributed by atoms with Gasteiger partial charge in [-0.3, -0.25) is 4.90 Å². The number of unbranched alkanes of at least 4 members (excludes halogenated alkanes) is 1. The Morgan fingerprint density at radius 1 is 1.10 bits per heavy atom. The molecule has 0 aliphatic carbocycles. The number of hydrogen-bond acceptors (Lipinski definition) is 4. The van der Waals surface area contributed by atoms with Gasteiger partial charge in [-0.2, -0.15) is 0 Å². The van der Waals surface area contributed by atoms with Crippen LogP contribution in [0.2, 0.25) is 0 Å². The minimum absolute atomic E-state index is 0.226. The van der Waals surface area contributed by atoms with E-state index in [0.29, 0.717) is 6.04 Å². The molecule has 0 amide bonds. The van der Waals surface area contributed by atoms with Crippen molar-refractivity contribution < 1.29 is 9.05 Å². The van der Waals surface area contributed by atoms with Crippen LogP contribution < -0.4 is 5.09 Å². The van der Waals surface area contributed by atoms with E-state index in [0.717, 1.165) is 26.1 Å². The molecule has 0 aromatic carbocycles. The van der Waals surface area contributed by atoms with Crippen molar-refractivity contribution in [3.05, 3.63) is 0 Å². The molecule has 2 fully saturated rings. The summed E-state index contributed by atoms with van der Waals surface area (Å²) in [6.07, 6.45) is 4.86. The number of hydrogen-bond donors (Lipinski definition) is 1. The van der Waals surface area contributed by atoms with Crippen LogP contribution in [0.15, 0.2) is 0 Å². The molecule has 0 saturated carbocycles. The van der Waals surface area contributed by atoms with Gasteiger partial charge >= 0.3 is 0 Å². The number of nitrogens with zero attached hydrogens (tertiary/aromatic N) is 1.